The third-order valence-electron chi connectivity index (χ3n) is 3.59. The Hall–Kier alpha value is -2.44. The van der Waals surface area contributed by atoms with Crippen molar-refractivity contribution in [2.45, 2.75) is 45.0 Å². The van der Waals surface area contributed by atoms with Crippen molar-refractivity contribution in [3.63, 3.8) is 0 Å². The second-order valence-electron chi connectivity index (χ2n) is 6.88. The van der Waals surface area contributed by atoms with Gasteiger partial charge in [0.05, 0.1) is 6.54 Å². The van der Waals surface area contributed by atoms with Crippen molar-refractivity contribution in [3.05, 3.63) is 35.9 Å². The van der Waals surface area contributed by atoms with Gasteiger partial charge < -0.3 is 9.47 Å². The molecule has 1 aromatic rings. The van der Waals surface area contributed by atoms with Crippen molar-refractivity contribution in [2.75, 3.05) is 13.2 Å². The predicted molar refractivity (Wildman–Crippen MR) is 88.0 cm³/mol. The van der Waals surface area contributed by atoms with E-state index in [0.717, 1.165) is 4.90 Å². The van der Waals surface area contributed by atoms with Crippen molar-refractivity contribution >= 4 is 17.8 Å². The lowest BCUT2D eigenvalue weighted by Crippen LogP contribution is -2.44. The molecule has 0 aliphatic carbocycles. The number of Topliss-reactive ketones (excluding diaryl/α,β-unsaturated/α-hetero) is 1. The maximum Gasteiger partial charge on any atom is 0.411 e. The van der Waals surface area contributed by atoms with Crippen molar-refractivity contribution in [1.82, 2.24) is 4.90 Å². The predicted octanol–water partition coefficient (Wildman–Crippen LogP) is 2.76. The molecule has 1 aliphatic rings. The molecule has 0 N–H and O–H groups in total. The molecule has 1 aromatic carbocycles. The van der Waals surface area contributed by atoms with E-state index in [1.165, 1.54) is 0 Å². The maximum absolute atomic E-state index is 13.7. The Bertz CT molecular complexity index is 641. The van der Waals surface area contributed by atoms with Crippen LogP contribution in [-0.2, 0) is 14.3 Å². The molecule has 0 bridgehead atoms. The van der Waals surface area contributed by atoms with Crippen LogP contribution in [0.5, 0.6) is 0 Å². The molecule has 1 fully saturated rings. The second kappa shape index (κ2) is 7.63. The molecular formula is C18H22FNO5. The standard InChI is InChI=1S/C18H22FNO5/c1-18(2,3)25-17(23)20-10-13(19)9-14(20)16(22)24-11-15(21)12-7-5-4-6-8-12/h4-8,13-14H,9-11H2,1-3H3/t13-,14+/m1/s1. The Morgan fingerprint density at radius 2 is 1.84 bits per heavy atom. The molecule has 0 unspecified atom stereocenters. The summed E-state index contributed by atoms with van der Waals surface area (Å²) in [5.74, 6) is -1.18. The summed E-state index contributed by atoms with van der Waals surface area (Å²) in [6, 6.07) is 7.29. The molecule has 6 nitrogen and oxygen atoms in total. The van der Waals surface area contributed by atoms with Gasteiger partial charge in [-0.05, 0) is 20.8 Å². The molecular weight excluding hydrogens is 329 g/mol. The van der Waals surface area contributed by atoms with E-state index in [9.17, 15) is 18.8 Å². The first-order chi connectivity index (χ1) is 11.7. The molecule has 2 rings (SSSR count). The minimum absolute atomic E-state index is 0.169. The van der Waals surface area contributed by atoms with E-state index in [1.807, 2.05) is 0 Å². The van der Waals surface area contributed by atoms with Gasteiger partial charge in [-0.3, -0.25) is 9.69 Å². The van der Waals surface area contributed by atoms with Crippen LogP contribution in [0.15, 0.2) is 30.3 Å². The van der Waals surface area contributed by atoms with Gasteiger partial charge in [0.2, 0.25) is 0 Å². The Morgan fingerprint density at radius 3 is 2.44 bits per heavy atom. The van der Waals surface area contributed by atoms with Crippen LogP contribution in [0.25, 0.3) is 0 Å². The number of carbonyl (C=O) groups excluding carboxylic acids is 3. The van der Waals surface area contributed by atoms with E-state index in [4.69, 9.17) is 9.47 Å². The van der Waals surface area contributed by atoms with Gasteiger partial charge in [0.1, 0.15) is 17.8 Å². The monoisotopic (exact) mass is 351 g/mol. The summed E-state index contributed by atoms with van der Waals surface area (Å²) in [4.78, 5) is 37.4. The van der Waals surface area contributed by atoms with Crippen LogP contribution in [-0.4, -0.2) is 53.7 Å². The molecule has 0 saturated carbocycles. The number of esters is 1. The van der Waals surface area contributed by atoms with E-state index in [0.29, 0.717) is 5.56 Å². The molecule has 0 aromatic heterocycles. The van der Waals surface area contributed by atoms with E-state index in [1.54, 1.807) is 51.1 Å². The highest BCUT2D eigenvalue weighted by molar-refractivity contribution is 5.98. The average molecular weight is 351 g/mol. The van der Waals surface area contributed by atoms with E-state index in [2.05, 4.69) is 0 Å². The zero-order valence-corrected chi connectivity index (χ0v) is 14.5. The fourth-order valence-electron chi connectivity index (χ4n) is 2.47. The van der Waals surface area contributed by atoms with Crippen LogP contribution in [0.4, 0.5) is 9.18 Å². The summed E-state index contributed by atoms with van der Waals surface area (Å²) in [7, 11) is 0. The van der Waals surface area contributed by atoms with Crippen LogP contribution in [0.2, 0.25) is 0 Å². The fourth-order valence-corrected chi connectivity index (χ4v) is 2.47. The Kier molecular flexibility index (Phi) is 5.77. The Morgan fingerprint density at radius 1 is 1.20 bits per heavy atom. The van der Waals surface area contributed by atoms with Gasteiger partial charge in [-0.2, -0.15) is 0 Å². The molecule has 0 radical (unpaired) electrons. The Balaban J connectivity index is 1.96. The van der Waals surface area contributed by atoms with Gasteiger partial charge in [-0.25, -0.2) is 14.0 Å². The maximum atomic E-state index is 13.7. The molecule has 1 saturated heterocycles. The number of carbonyl (C=O) groups is 3. The SMILES string of the molecule is CC(C)(C)OC(=O)N1C[C@H](F)C[C@H]1C(=O)OCC(=O)c1ccccc1. The lowest BCUT2D eigenvalue weighted by molar-refractivity contribution is -0.147. The van der Waals surface area contributed by atoms with Crippen LogP contribution in [0, 0.1) is 0 Å². The summed E-state index contributed by atoms with van der Waals surface area (Å²) < 4.78 is 23.9. The number of alkyl halides is 1. The van der Waals surface area contributed by atoms with Crippen molar-refractivity contribution in [3.8, 4) is 0 Å². The number of amides is 1. The first-order valence-electron chi connectivity index (χ1n) is 8.06. The van der Waals surface area contributed by atoms with Gasteiger partial charge >= 0.3 is 12.1 Å². The lowest BCUT2D eigenvalue weighted by Gasteiger charge is -2.27. The number of benzene rings is 1. The molecule has 1 heterocycles. The number of nitrogens with zero attached hydrogens (tertiary/aromatic N) is 1. The molecule has 1 amide bonds. The van der Waals surface area contributed by atoms with E-state index < -0.39 is 36.5 Å². The topological polar surface area (TPSA) is 72.9 Å². The highest BCUT2D eigenvalue weighted by Crippen LogP contribution is 2.24. The van der Waals surface area contributed by atoms with Gasteiger partial charge in [0.25, 0.3) is 0 Å². The number of ether oxygens (including phenoxy) is 2. The molecule has 0 spiro atoms. The minimum Gasteiger partial charge on any atom is -0.456 e. The molecule has 7 heteroatoms. The third-order valence-corrected chi connectivity index (χ3v) is 3.59. The average Bonchev–Trinajstić information content (AvgIpc) is 2.93. The van der Waals surface area contributed by atoms with Gasteiger partial charge in [-0.1, -0.05) is 30.3 Å². The van der Waals surface area contributed by atoms with Crippen LogP contribution in [0.1, 0.15) is 37.6 Å². The number of ketones is 1. The molecule has 1 aliphatic heterocycles. The van der Waals surface area contributed by atoms with Gasteiger partial charge in [-0.15, -0.1) is 0 Å². The van der Waals surface area contributed by atoms with Crippen LogP contribution < -0.4 is 0 Å². The van der Waals surface area contributed by atoms with Crippen LogP contribution >= 0.6 is 0 Å². The number of hydrogen-bond acceptors (Lipinski definition) is 5. The first kappa shape index (κ1) is 18.9. The van der Waals surface area contributed by atoms with Crippen molar-refractivity contribution < 1.29 is 28.2 Å². The van der Waals surface area contributed by atoms with Gasteiger partial charge in [0.15, 0.2) is 12.4 Å². The minimum atomic E-state index is -1.34. The quantitative estimate of drug-likeness (QED) is 0.616. The summed E-state index contributed by atoms with van der Waals surface area (Å²) in [5, 5.41) is 0. The zero-order chi connectivity index (χ0) is 18.6. The highest BCUT2D eigenvalue weighted by atomic mass is 19.1. The highest BCUT2D eigenvalue weighted by Gasteiger charge is 2.42. The van der Waals surface area contributed by atoms with E-state index >= 15 is 0 Å². The number of likely N-dealkylation sites (tertiary alicyclic amines) is 1. The van der Waals surface area contributed by atoms with Crippen molar-refractivity contribution in [1.29, 1.82) is 0 Å². The van der Waals surface area contributed by atoms with Crippen molar-refractivity contribution in [2.24, 2.45) is 0 Å². The summed E-state index contributed by atoms with van der Waals surface area (Å²) in [5.41, 5.74) is -0.350. The first-order valence-corrected chi connectivity index (χ1v) is 8.06. The molecule has 136 valence electrons. The largest absolute Gasteiger partial charge is 0.456 e. The number of halogens is 1. The van der Waals surface area contributed by atoms with E-state index in [-0.39, 0.29) is 18.7 Å². The summed E-state index contributed by atoms with van der Waals surface area (Å²) in [6.45, 7) is 4.35. The molecule has 25 heavy (non-hydrogen) atoms. The van der Waals surface area contributed by atoms with Crippen LogP contribution in [0.3, 0.4) is 0 Å². The summed E-state index contributed by atoms with van der Waals surface area (Å²) in [6.07, 6.45) is -2.28. The number of hydrogen-bond donors (Lipinski definition) is 0. The smallest absolute Gasteiger partial charge is 0.411 e. The summed E-state index contributed by atoms with van der Waals surface area (Å²) >= 11 is 0. The second-order valence-corrected chi connectivity index (χ2v) is 6.88. The molecule has 2 atom stereocenters. The zero-order valence-electron chi connectivity index (χ0n) is 14.5. The number of rotatable bonds is 4. The van der Waals surface area contributed by atoms with Gasteiger partial charge in [0, 0.05) is 12.0 Å². The normalized spacial score (nSPS) is 20.2. The Labute approximate surface area is 145 Å². The third kappa shape index (κ3) is 5.27. The fraction of sp³-hybridized carbons (Fsp3) is 0.500. The lowest BCUT2D eigenvalue weighted by atomic mass is 10.1.